The monoisotopic (exact) mass is 851 g/mol. The zero-order valence-corrected chi connectivity index (χ0v) is 32.6. The van der Waals surface area contributed by atoms with Crippen molar-refractivity contribution in [1.82, 2.24) is 9.97 Å². The fourth-order valence-electron chi connectivity index (χ4n) is 6.35. The van der Waals surface area contributed by atoms with Crippen molar-refractivity contribution in [3.63, 3.8) is 0 Å². The molecule has 1 radical (unpaired) electrons. The molecule has 8 rings (SSSR count). The van der Waals surface area contributed by atoms with Gasteiger partial charge in [-0.2, -0.15) is 0 Å². The van der Waals surface area contributed by atoms with Crippen LogP contribution in [-0.2, 0) is 26.5 Å². The molecule has 0 aliphatic heterocycles. The number of aromatic nitrogens is 2. The van der Waals surface area contributed by atoms with Crippen molar-refractivity contribution < 1.29 is 27.3 Å². The zero-order chi connectivity index (χ0) is 36.1. The predicted molar refractivity (Wildman–Crippen MR) is 207 cm³/mol. The van der Waals surface area contributed by atoms with Gasteiger partial charge >= 0.3 is 0 Å². The van der Waals surface area contributed by atoms with E-state index in [9.17, 15) is 0 Å². The van der Waals surface area contributed by atoms with Crippen LogP contribution in [0.2, 0.25) is 0 Å². The molecule has 5 heteroatoms. The third kappa shape index (κ3) is 7.23. The number of fused-ring (bicyclic) bond motifs is 5. The maximum absolute atomic E-state index is 9.11. The van der Waals surface area contributed by atoms with E-state index in [1.807, 2.05) is 82.4 Å². The first-order valence-electron chi connectivity index (χ1n) is 17.6. The van der Waals surface area contributed by atoms with Crippen LogP contribution in [0.4, 0.5) is 0 Å². The van der Waals surface area contributed by atoms with Crippen molar-refractivity contribution >= 4 is 43.4 Å². The number of hydrogen-bond donors (Lipinski definition) is 0. The van der Waals surface area contributed by atoms with Crippen LogP contribution in [-0.4, -0.2) is 9.97 Å². The maximum atomic E-state index is 9.11. The number of pyridine rings is 2. The number of rotatable bonds is 4. The van der Waals surface area contributed by atoms with Crippen LogP contribution in [0.1, 0.15) is 50.6 Å². The third-order valence-corrected chi connectivity index (χ3v) is 9.55. The Morgan fingerprint density at radius 2 is 1.50 bits per heavy atom. The number of hydrogen-bond acceptors (Lipinski definition) is 4. The van der Waals surface area contributed by atoms with Gasteiger partial charge in [0.25, 0.3) is 0 Å². The van der Waals surface area contributed by atoms with Gasteiger partial charge in [0.1, 0.15) is 5.58 Å². The Morgan fingerprint density at radius 1 is 0.740 bits per heavy atom. The summed E-state index contributed by atoms with van der Waals surface area (Å²) in [6.07, 6.45) is 1.99. The summed E-state index contributed by atoms with van der Waals surface area (Å²) in [5.41, 5.74) is 10.5. The number of benzene rings is 4. The first-order chi connectivity index (χ1) is 24.3. The first-order valence-corrected chi connectivity index (χ1v) is 17.4. The van der Waals surface area contributed by atoms with Crippen molar-refractivity contribution in [2.75, 3.05) is 0 Å². The fraction of sp³-hybridized carbons (Fsp3) is 0.200. The molecule has 0 bridgehead atoms. The van der Waals surface area contributed by atoms with Gasteiger partial charge in [0, 0.05) is 55.6 Å². The zero-order valence-electron chi connectivity index (χ0n) is 31.4. The van der Waals surface area contributed by atoms with E-state index >= 15 is 0 Å². The molecular formula is C45H40IrN2OS-2. The van der Waals surface area contributed by atoms with Crippen molar-refractivity contribution in [3.8, 4) is 33.6 Å². The molecule has 0 spiro atoms. The number of thiophene rings is 1. The topological polar surface area (TPSA) is 38.9 Å². The molecule has 0 fully saturated rings. The molecule has 4 aromatic heterocycles. The molecule has 0 saturated heterocycles. The average molecular weight is 851 g/mol. The average Bonchev–Trinajstić information content (AvgIpc) is 3.68. The summed E-state index contributed by atoms with van der Waals surface area (Å²) in [5, 5.41) is 3.24. The van der Waals surface area contributed by atoms with Crippen LogP contribution < -0.4 is 0 Å². The largest absolute Gasteiger partial charge is 0.500 e. The van der Waals surface area contributed by atoms with E-state index in [0.29, 0.717) is 5.56 Å². The van der Waals surface area contributed by atoms with E-state index in [4.69, 9.17) is 12.1 Å². The Morgan fingerprint density at radius 3 is 2.20 bits per heavy atom. The molecule has 4 aromatic carbocycles. The van der Waals surface area contributed by atoms with Crippen LogP contribution >= 0.6 is 11.3 Å². The Labute approximate surface area is 315 Å². The van der Waals surface area contributed by atoms with E-state index in [-0.39, 0.29) is 20.1 Å². The van der Waals surface area contributed by atoms with Gasteiger partial charge in [-0.15, -0.1) is 65.4 Å². The molecule has 253 valence electrons. The normalized spacial score (nSPS) is 12.3. The van der Waals surface area contributed by atoms with Crippen molar-refractivity contribution in [2.45, 2.75) is 54.8 Å². The quantitative estimate of drug-likeness (QED) is 0.166. The van der Waals surface area contributed by atoms with Crippen molar-refractivity contribution in [2.24, 2.45) is 5.41 Å². The summed E-state index contributed by atoms with van der Waals surface area (Å²) in [5.74, 6) is 0. The maximum Gasteiger partial charge on any atom is 0.129 e. The van der Waals surface area contributed by atoms with Gasteiger partial charge in [-0.1, -0.05) is 74.2 Å². The molecule has 3 nitrogen and oxygen atoms in total. The summed E-state index contributed by atoms with van der Waals surface area (Å²) in [6.45, 7) is 14.1. The van der Waals surface area contributed by atoms with Gasteiger partial charge < -0.3 is 14.4 Å². The van der Waals surface area contributed by atoms with Crippen LogP contribution in [0.15, 0.2) is 108 Å². The molecule has 0 aliphatic carbocycles. The fourth-order valence-corrected chi connectivity index (χ4v) is 7.27. The van der Waals surface area contributed by atoms with Gasteiger partial charge in [0.05, 0.1) is 5.58 Å². The van der Waals surface area contributed by atoms with E-state index in [1.54, 1.807) is 17.5 Å². The van der Waals surface area contributed by atoms with Gasteiger partial charge in [-0.3, -0.25) is 0 Å². The number of aryl methyl sites for hydroxylation is 4. The molecule has 0 unspecified atom stereocenters. The number of furan rings is 1. The van der Waals surface area contributed by atoms with Crippen LogP contribution in [0.25, 0.3) is 65.7 Å². The van der Waals surface area contributed by atoms with Crippen LogP contribution in [0, 0.1) is 45.2 Å². The molecule has 0 N–H and O–H groups in total. The van der Waals surface area contributed by atoms with E-state index in [0.717, 1.165) is 72.1 Å². The first kappa shape index (κ1) is 32.8. The summed E-state index contributed by atoms with van der Waals surface area (Å²) in [4.78, 5) is 10.4. The smallest absolute Gasteiger partial charge is 0.129 e. The molecule has 50 heavy (non-hydrogen) atoms. The molecule has 0 saturated carbocycles. The number of nitrogens with zero attached hydrogens (tertiary/aromatic N) is 2. The van der Waals surface area contributed by atoms with E-state index in [1.165, 1.54) is 15.1 Å². The van der Waals surface area contributed by atoms with Crippen molar-refractivity contribution in [3.05, 3.63) is 143 Å². The van der Waals surface area contributed by atoms with Crippen molar-refractivity contribution in [1.29, 1.82) is 0 Å². The SMILES string of the molecule is Cc1ccc(-c2[c-]cccc2)nc1.[2H]C([2H])(c1cnc(-c2[c-]ccc3c2oc2c4cc(C)sc4ccc32)cc1-c1c(C)cccc1C)C(C)(C)C.[Ir]. The Kier molecular flexibility index (Phi) is 9.47. The Bertz CT molecular complexity index is 2510. The second kappa shape index (κ2) is 14.4. The molecule has 0 amide bonds. The minimum Gasteiger partial charge on any atom is -0.500 e. The predicted octanol–water partition coefficient (Wildman–Crippen LogP) is 12.7. The summed E-state index contributed by atoms with van der Waals surface area (Å²) >= 11 is 1.77. The molecular weight excluding hydrogens is 809 g/mol. The second-order valence-electron chi connectivity index (χ2n) is 13.7. The Hall–Kier alpha value is -4.41. The van der Waals surface area contributed by atoms with Crippen LogP contribution in [0.3, 0.4) is 0 Å². The van der Waals surface area contributed by atoms with E-state index in [2.05, 4.69) is 80.4 Å². The molecule has 4 heterocycles. The summed E-state index contributed by atoms with van der Waals surface area (Å²) in [7, 11) is 0. The van der Waals surface area contributed by atoms with E-state index < -0.39 is 11.8 Å². The minimum atomic E-state index is -1.60. The Balaban J connectivity index is 0.000000279. The summed E-state index contributed by atoms with van der Waals surface area (Å²) in [6, 6.07) is 37.2. The van der Waals surface area contributed by atoms with Crippen LogP contribution in [0.5, 0.6) is 0 Å². The second-order valence-corrected chi connectivity index (χ2v) is 15.0. The molecule has 8 aromatic rings. The van der Waals surface area contributed by atoms with Gasteiger partial charge in [0.15, 0.2) is 0 Å². The van der Waals surface area contributed by atoms with Gasteiger partial charge in [-0.25, -0.2) is 0 Å². The standard InChI is InChI=1S/C33H30NOS.C12H10N.Ir/c1-19-9-7-10-20(2)30(19)26-16-28(34-18-22(26)17-33(4,5)6)25-12-8-11-23-24-13-14-29-27(15-21(3)36-29)32(24)35-31(23)25;1-10-7-8-12(13-9-10)11-5-3-2-4-6-11;/h7-11,13-16,18H,17H2,1-6H3;2-5,7-9H,1H3;/q2*-1;/i17D2;;. The molecule has 0 atom stereocenters. The van der Waals surface area contributed by atoms with Gasteiger partial charge in [0.2, 0.25) is 0 Å². The third-order valence-electron chi connectivity index (χ3n) is 8.53. The van der Waals surface area contributed by atoms with Gasteiger partial charge in [-0.05, 0) is 96.4 Å². The summed E-state index contributed by atoms with van der Waals surface area (Å²) < 4.78 is 26.0. The minimum absolute atomic E-state index is 0. The molecule has 0 aliphatic rings.